The van der Waals surface area contributed by atoms with Gasteiger partial charge in [0.2, 0.25) is 0 Å². The number of benzene rings is 1. The molecule has 0 bridgehead atoms. The van der Waals surface area contributed by atoms with Gasteiger partial charge in [-0.05, 0) is 24.6 Å². The highest BCUT2D eigenvalue weighted by Gasteiger charge is 2.18. The van der Waals surface area contributed by atoms with Gasteiger partial charge in [0.25, 0.3) is 0 Å². The first-order chi connectivity index (χ1) is 8.42. The first kappa shape index (κ1) is 15.0. The van der Waals surface area contributed by atoms with Gasteiger partial charge >= 0.3 is 0 Å². The summed E-state index contributed by atoms with van der Waals surface area (Å²) in [5, 5.41) is 0. The quantitative estimate of drug-likeness (QED) is 0.851. The van der Waals surface area contributed by atoms with Crippen molar-refractivity contribution in [2.75, 3.05) is 30.8 Å². The Balaban J connectivity index is 3.10. The van der Waals surface area contributed by atoms with Gasteiger partial charge in [-0.1, -0.05) is 26.0 Å². The molecule has 4 nitrogen and oxygen atoms in total. The molecule has 2 N–H and O–H groups in total. The van der Waals surface area contributed by atoms with Gasteiger partial charge in [-0.25, -0.2) is 8.42 Å². The van der Waals surface area contributed by atoms with E-state index in [1.807, 2.05) is 31.0 Å². The lowest BCUT2D eigenvalue weighted by Crippen LogP contribution is -2.29. The molecule has 0 aliphatic rings. The maximum atomic E-state index is 12.0. The highest BCUT2D eigenvalue weighted by molar-refractivity contribution is 7.91. The van der Waals surface area contributed by atoms with Crippen LogP contribution in [-0.4, -0.2) is 34.3 Å². The van der Waals surface area contributed by atoms with E-state index in [1.165, 1.54) is 0 Å². The molecule has 0 saturated heterocycles. The Morgan fingerprint density at radius 2 is 1.94 bits per heavy atom. The van der Waals surface area contributed by atoms with Gasteiger partial charge < -0.3 is 10.6 Å². The minimum atomic E-state index is -3.19. The fourth-order valence-corrected chi connectivity index (χ4v) is 2.97. The van der Waals surface area contributed by atoms with Crippen molar-refractivity contribution in [1.29, 1.82) is 0 Å². The Kier molecular flexibility index (Phi) is 5.16. The first-order valence-electron chi connectivity index (χ1n) is 6.15. The molecule has 18 heavy (non-hydrogen) atoms. The highest BCUT2D eigenvalue weighted by Crippen LogP contribution is 2.25. The van der Waals surface area contributed by atoms with Crippen molar-refractivity contribution in [2.45, 2.75) is 18.7 Å². The topological polar surface area (TPSA) is 63.4 Å². The third-order valence-electron chi connectivity index (χ3n) is 2.98. The molecule has 1 aromatic carbocycles. The Morgan fingerprint density at radius 1 is 1.33 bits per heavy atom. The molecule has 1 rings (SSSR count). The number of para-hydroxylation sites is 1. The van der Waals surface area contributed by atoms with Gasteiger partial charge in [0.15, 0.2) is 9.84 Å². The highest BCUT2D eigenvalue weighted by atomic mass is 32.2. The molecule has 0 aliphatic carbocycles. The Bertz CT molecular complexity index is 486. The van der Waals surface area contributed by atoms with E-state index in [0.29, 0.717) is 17.4 Å². The van der Waals surface area contributed by atoms with E-state index in [-0.39, 0.29) is 5.75 Å². The number of sulfone groups is 1. The summed E-state index contributed by atoms with van der Waals surface area (Å²) < 4.78 is 24.1. The van der Waals surface area contributed by atoms with E-state index in [9.17, 15) is 8.42 Å². The average molecular weight is 270 g/mol. The van der Waals surface area contributed by atoms with Gasteiger partial charge in [-0.3, -0.25) is 0 Å². The molecule has 0 aliphatic heterocycles. The third kappa shape index (κ3) is 3.46. The summed E-state index contributed by atoms with van der Waals surface area (Å²) in [7, 11) is -1.29. The van der Waals surface area contributed by atoms with Crippen LogP contribution in [0.1, 0.15) is 13.8 Å². The van der Waals surface area contributed by atoms with Crippen LogP contribution in [0.2, 0.25) is 0 Å². The predicted molar refractivity (Wildman–Crippen MR) is 75.7 cm³/mol. The van der Waals surface area contributed by atoms with Crippen LogP contribution in [0.4, 0.5) is 5.69 Å². The summed E-state index contributed by atoms with van der Waals surface area (Å²) in [6.07, 6.45) is 0. The summed E-state index contributed by atoms with van der Waals surface area (Å²) >= 11 is 0. The molecule has 1 aromatic rings. The average Bonchev–Trinajstić information content (AvgIpc) is 2.38. The number of rotatable bonds is 6. The van der Waals surface area contributed by atoms with Crippen molar-refractivity contribution in [3.63, 3.8) is 0 Å². The van der Waals surface area contributed by atoms with Crippen molar-refractivity contribution in [3.8, 4) is 0 Å². The molecule has 0 heterocycles. The lowest BCUT2D eigenvalue weighted by Gasteiger charge is -2.24. The fraction of sp³-hybridized carbons (Fsp3) is 0.538. The van der Waals surface area contributed by atoms with Gasteiger partial charge in [0.1, 0.15) is 0 Å². The molecule has 0 amide bonds. The monoisotopic (exact) mass is 270 g/mol. The van der Waals surface area contributed by atoms with Crippen LogP contribution < -0.4 is 10.6 Å². The summed E-state index contributed by atoms with van der Waals surface area (Å²) in [5.41, 5.74) is 6.35. The molecular formula is C13H22N2O2S. The van der Waals surface area contributed by atoms with Gasteiger partial charge in [0.05, 0.1) is 16.3 Å². The molecule has 1 atom stereocenters. The molecule has 0 aromatic heterocycles. The molecule has 0 saturated carbocycles. The predicted octanol–water partition coefficient (Wildman–Crippen LogP) is 1.51. The van der Waals surface area contributed by atoms with Crippen LogP contribution >= 0.6 is 0 Å². The summed E-state index contributed by atoms with van der Waals surface area (Å²) in [4.78, 5) is 2.36. The molecule has 0 spiro atoms. The van der Waals surface area contributed by atoms with Crippen LogP contribution in [0.15, 0.2) is 29.2 Å². The van der Waals surface area contributed by atoms with E-state index in [2.05, 4.69) is 0 Å². The second-order valence-electron chi connectivity index (χ2n) is 4.59. The van der Waals surface area contributed by atoms with Gasteiger partial charge in [0, 0.05) is 13.6 Å². The number of nitrogens with zero attached hydrogens (tertiary/aromatic N) is 1. The fourth-order valence-electron chi connectivity index (χ4n) is 1.83. The van der Waals surface area contributed by atoms with Crippen LogP contribution in [0.5, 0.6) is 0 Å². The van der Waals surface area contributed by atoms with E-state index in [0.717, 1.165) is 12.2 Å². The van der Waals surface area contributed by atoms with Crippen LogP contribution in [-0.2, 0) is 9.84 Å². The molecule has 0 fully saturated rings. The Labute approximate surface area is 110 Å². The second-order valence-corrected chi connectivity index (χ2v) is 6.84. The van der Waals surface area contributed by atoms with Crippen molar-refractivity contribution >= 4 is 15.5 Å². The molecule has 102 valence electrons. The zero-order chi connectivity index (χ0) is 13.8. The SMILES string of the molecule is CCS(=O)(=O)c1ccccc1N(C)CC(C)CN. The van der Waals surface area contributed by atoms with Crippen LogP contribution in [0, 0.1) is 5.92 Å². The van der Waals surface area contributed by atoms with E-state index in [4.69, 9.17) is 5.73 Å². The first-order valence-corrected chi connectivity index (χ1v) is 7.80. The second kappa shape index (κ2) is 6.20. The largest absolute Gasteiger partial charge is 0.373 e. The minimum absolute atomic E-state index is 0.115. The van der Waals surface area contributed by atoms with E-state index in [1.54, 1.807) is 19.1 Å². The Morgan fingerprint density at radius 3 is 2.50 bits per heavy atom. The smallest absolute Gasteiger partial charge is 0.180 e. The van der Waals surface area contributed by atoms with Gasteiger partial charge in [-0.2, -0.15) is 0 Å². The zero-order valence-corrected chi connectivity index (χ0v) is 12.1. The van der Waals surface area contributed by atoms with Crippen LogP contribution in [0.3, 0.4) is 0 Å². The number of nitrogens with two attached hydrogens (primary N) is 1. The molecular weight excluding hydrogens is 248 g/mol. The standard InChI is InChI=1S/C13H22N2O2S/c1-4-18(16,17)13-8-6-5-7-12(13)15(3)10-11(2)9-14/h5-8,11H,4,9-10,14H2,1-3H3. The maximum Gasteiger partial charge on any atom is 0.180 e. The number of hydrogen-bond acceptors (Lipinski definition) is 4. The summed E-state index contributed by atoms with van der Waals surface area (Å²) in [5.74, 6) is 0.442. The molecule has 1 unspecified atom stereocenters. The van der Waals surface area contributed by atoms with Crippen molar-refractivity contribution in [3.05, 3.63) is 24.3 Å². The van der Waals surface area contributed by atoms with Crippen molar-refractivity contribution in [1.82, 2.24) is 0 Å². The minimum Gasteiger partial charge on any atom is -0.373 e. The van der Waals surface area contributed by atoms with Crippen molar-refractivity contribution < 1.29 is 8.42 Å². The normalized spacial score (nSPS) is 13.3. The third-order valence-corrected chi connectivity index (χ3v) is 4.75. The number of anilines is 1. The summed E-state index contributed by atoms with van der Waals surface area (Å²) in [6, 6.07) is 7.11. The maximum absolute atomic E-state index is 12.0. The zero-order valence-electron chi connectivity index (χ0n) is 11.3. The van der Waals surface area contributed by atoms with Gasteiger partial charge in [-0.15, -0.1) is 0 Å². The molecule has 5 heteroatoms. The summed E-state index contributed by atoms with van der Waals surface area (Å²) in [6.45, 7) is 5.04. The lowest BCUT2D eigenvalue weighted by atomic mass is 10.1. The van der Waals surface area contributed by atoms with E-state index < -0.39 is 9.84 Å². The van der Waals surface area contributed by atoms with Crippen LogP contribution in [0.25, 0.3) is 0 Å². The molecule has 0 radical (unpaired) electrons. The van der Waals surface area contributed by atoms with Crippen molar-refractivity contribution in [2.24, 2.45) is 11.7 Å². The Hall–Kier alpha value is -1.07. The lowest BCUT2D eigenvalue weighted by molar-refractivity contribution is 0.583. The number of hydrogen-bond donors (Lipinski definition) is 1. The van der Waals surface area contributed by atoms with E-state index >= 15 is 0 Å².